The van der Waals surface area contributed by atoms with Crippen LogP contribution in [-0.2, 0) is 13.0 Å². The Labute approximate surface area is 194 Å². The molecule has 0 spiro atoms. The molecule has 0 amide bonds. The van der Waals surface area contributed by atoms with Gasteiger partial charge < -0.3 is 15.1 Å². The molecule has 1 aliphatic carbocycles. The summed E-state index contributed by atoms with van der Waals surface area (Å²) in [4.78, 5) is 13.7. The number of nitrogens with zero attached hydrogens (tertiary/aromatic N) is 7. The Bertz CT molecular complexity index is 790. The molecule has 2 aliphatic rings. The number of anilines is 1. The van der Waals surface area contributed by atoms with Gasteiger partial charge in [0.15, 0.2) is 5.96 Å². The summed E-state index contributed by atoms with van der Waals surface area (Å²) in [5.41, 5.74) is 1.08. The molecule has 1 aliphatic heterocycles. The van der Waals surface area contributed by atoms with E-state index in [0.29, 0.717) is 12.6 Å². The van der Waals surface area contributed by atoms with Gasteiger partial charge in [-0.3, -0.25) is 9.67 Å². The van der Waals surface area contributed by atoms with Crippen molar-refractivity contribution in [3.8, 4) is 0 Å². The zero-order valence-electron chi connectivity index (χ0n) is 17.3. The van der Waals surface area contributed by atoms with Gasteiger partial charge in [0.2, 0.25) is 5.13 Å². The highest BCUT2D eigenvalue weighted by Gasteiger charge is 2.22. The molecule has 29 heavy (non-hydrogen) atoms. The molecular weight excluding hydrogens is 499 g/mol. The molecule has 160 valence electrons. The summed E-state index contributed by atoms with van der Waals surface area (Å²) in [5.74, 6) is 1.89. The fourth-order valence-corrected chi connectivity index (χ4v) is 4.77. The van der Waals surface area contributed by atoms with Crippen LogP contribution in [0.5, 0.6) is 0 Å². The van der Waals surface area contributed by atoms with E-state index in [2.05, 4.69) is 53.3 Å². The fourth-order valence-electron chi connectivity index (χ4n) is 3.97. The van der Waals surface area contributed by atoms with E-state index in [1.165, 1.54) is 37.2 Å². The van der Waals surface area contributed by atoms with Gasteiger partial charge in [0, 0.05) is 57.4 Å². The number of piperazine rings is 1. The van der Waals surface area contributed by atoms with Crippen molar-refractivity contribution in [3.05, 3.63) is 23.8 Å². The Balaban J connectivity index is 0.00000240. The second kappa shape index (κ2) is 10.6. The van der Waals surface area contributed by atoms with Crippen molar-refractivity contribution in [1.82, 2.24) is 29.4 Å². The van der Waals surface area contributed by atoms with Crippen LogP contribution in [0, 0.1) is 0 Å². The normalized spacial score (nSPS) is 18.2. The monoisotopic (exact) mass is 530 g/mol. The van der Waals surface area contributed by atoms with E-state index in [9.17, 15) is 0 Å². The van der Waals surface area contributed by atoms with Gasteiger partial charge in [-0.25, -0.2) is 4.98 Å². The number of hydrogen-bond acceptors (Lipinski definition) is 6. The molecule has 2 fully saturated rings. The Morgan fingerprint density at radius 3 is 2.66 bits per heavy atom. The van der Waals surface area contributed by atoms with Crippen LogP contribution in [0.3, 0.4) is 0 Å². The van der Waals surface area contributed by atoms with Gasteiger partial charge in [-0.15, -0.1) is 24.0 Å². The minimum Gasteiger partial charge on any atom is -0.351 e. The van der Waals surface area contributed by atoms with Gasteiger partial charge >= 0.3 is 0 Å². The van der Waals surface area contributed by atoms with Crippen LogP contribution in [0.25, 0.3) is 0 Å². The summed E-state index contributed by atoms with van der Waals surface area (Å²) in [7, 11) is 1.85. The maximum Gasteiger partial charge on any atom is 0.205 e. The van der Waals surface area contributed by atoms with E-state index >= 15 is 0 Å². The maximum absolute atomic E-state index is 4.76. The topological polar surface area (TPSA) is 74.5 Å². The standard InChI is InChI=1S/C19H30N8S.HI/c1-3-17-22-19(28-24-17)26-12-10-25(11-13-26)18(20-2)21-14-15-8-9-27(23-15)16-6-4-5-7-16;/h8-9,16H,3-7,10-14H2,1-2H3,(H,20,21);1H. The molecule has 3 heterocycles. The molecular formula is C19H31IN8S. The van der Waals surface area contributed by atoms with Crippen molar-refractivity contribution in [3.63, 3.8) is 0 Å². The number of aryl methyl sites for hydroxylation is 1. The highest BCUT2D eigenvalue weighted by molar-refractivity contribution is 14.0. The lowest BCUT2D eigenvalue weighted by Crippen LogP contribution is -2.52. The van der Waals surface area contributed by atoms with Crippen molar-refractivity contribution in [2.24, 2.45) is 4.99 Å². The lowest BCUT2D eigenvalue weighted by Gasteiger charge is -2.36. The second-order valence-electron chi connectivity index (χ2n) is 7.45. The van der Waals surface area contributed by atoms with Gasteiger partial charge in [-0.05, 0) is 18.9 Å². The Morgan fingerprint density at radius 1 is 1.24 bits per heavy atom. The van der Waals surface area contributed by atoms with Crippen molar-refractivity contribution >= 4 is 46.6 Å². The smallest absolute Gasteiger partial charge is 0.205 e. The summed E-state index contributed by atoms with van der Waals surface area (Å²) >= 11 is 1.51. The van der Waals surface area contributed by atoms with Crippen LogP contribution in [0.4, 0.5) is 5.13 Å². The van der Waals surface area contributed by atoms with Gasteiger partial charge in [-0.1, -0.05) is 19.8 Å². The highest BCUT2D eigenvalue weighted by atomic mass is 127. The molecule has 10 heteroatoms. The molecule has 2 aromatic rings. The average molecular weight is 530 g/mol. The number of guanidine groups is 1. The first kappa shape index (κ1) is 22.3. The number of halogens is 1. The third-order valence-electron chi connectivity index (χ3n) is 5.63. The maximum atomic E-state index is 4.76. The summed E-state index contributed by atoms with van der Waals surface area (Å²) in [6, 6.07) is 2.71. The molecule has 1 saturated heterocycles. The summed E-state index contributed by atoms with van der Waals surface area (Å²) in [5, 5.41) is 9.29. The Kier molecular flexibility index (Phi) is 8.10. The van der Waals surface area contributed by atoms with Crippen molar-refractivity contribution in [1.29, 1.82) is 0 Å². The molecule has 0 atom stereocenters. The number of aromatic nitrogens is 4. The fraction of sp³-hybridized carbons (Fsp3) is 0.684. The molecule has 2 aromatic heterocycles. The first-order chi connectivity index (χ1) is 13.8. The first-order valence-corrected chi connectivity index (χ1v) is 11.1. The number of hydrogen-bond donors (Lipinski definition) is 1. The van der Waals surface area contributed by atoms with E-state index in [1.807, 2.05) is 7.05 Å². The molecule has 8 nitrogen and oxygen atoms in total. The van der Waals surface area contributed by atoms with Crippen LogP contribution in [0.2, 0.25) is 0 Å². The van der Waals surface area contributed by atoms with Crippen LogP contribution in [0.1, 0.15) is 50.2 Å². The van der Waals surface area contributed by atoms with Gasteiger partial charge in [0.05, 0.1) is 18.3 Å². The first-order valence-electron chi connectivity index (χ1n) is 10.3. The second-order valence-corrected chi connectivity index (χ2v) is 8.18. The van der Waals surface area contributed by atoms with Gasteiger partial charge in [-0.2, -0.15) is 9.47 Å². The third kappa shape index (κ3) is 5.39. The zero-order valence-corrected chi connectivity index (χ0v) is 20.4. The SMILES string of the molecule is CCc1nsc(N2CCN(C(=NC)NCc3ccn(C4CCCC4)n3)CC2)n1.I. The van der Waals surface area contributed by atoms with E-state index in [-0.39, 0.29) is 24.0 Å². The summed E-state index contributed by atoms with van der Waals surface area (Å²) in [6.07, 6.45) is 8.19. The van der Waals surface area contributed by atoms with Crippen molar-refractivity contribution in [2.75, 3.05) is 38.1 Å². The average Bonchev–Trinajstić information content (AvgIpc) is 3.49. The lowest BCUT2D eigenvalue weighted by molar-refractivity contribution is 0.371. The Morgan fingerprint density at radius 2 is 2.00 bits per heavy atom. The number of aliphatic imine (C=N–C) groups is 1. The zero-order chi connectivity index (χ0) is 19.3. The third-order valence-corrected chi connectivity index (χ3v) is 6.44. The van der Waals surface area contributed by atoms with Crippen molar-refractivity contribution < 1.29 is 0 Å². The van der Waals surface area contributed by atoms with Crippen LogP contribution < -0.4 is 10.2 Å². The molecule has 0 bridgehead atoms. The van der Waals surface area contributed by atoms with Crippen LogP contribution in [0.15, 0.2) is 17.3 Å². The number of rotatable bonds is 5. The molecule has 1 saturated carbocycles. The van der Waals surface area contributed by atoms with Gasteiger partial charge in [0.25, 0.3) is 0 Å². The summed E-state index contributed by atoms with van der Waals surface area (Å²) < 4.78 is 6.55. The molecule has 4 rings (SSSR count). The Hall–Kier alpha value is -1.43. The summed E-state index contributed by atoms with van der Waals surface area (Å²) in [6.45, 7) is 6.54. The quantitative estimate of drug-likeness (QED) is 0.364. The predicted octanol–water partition coefficient (Wildman–Crippen LogP) is 2.93. The van der Waals surface area contributed by atoms with Crippen molar-refractivity contribution in [2.45, 2.75) is 51.6 Å². The molecule has 0 aromatic carbocycles. The molecule has 0 radical (unpaired) electrons. The number of nitrogens with one attached hydrogen (secondary N) is 1. The van der Waals surface area contributed by atoms with Crippen LogP contribution in [-0.4, -0.2) is 63.2 Å². The highest BCUT2D eigenvalue weighted by Crippen LogP contribution is 2.28. The molecule has 0 unspecified atom stereocenters. The minimum atomic E-state index is 0. The largest absolute Gasteiger partial charge is 0.351 e. The van der Waals surface area contributed by atoms with E-state index in [0.717, 1.165) is 55.2 Å². The lowest BCUT2D eigenvalue weighted by atomic mass is 10.3. The van der Waals surface area contributed by atoms with Crippen LogP contribution >= 0.6 is 35.5 Å². The minimum absolute atomic E-state index is 0. The predicted molar refractivity (Wildman–Crippen MR) is 128 cm³/mol. The molecule has 1 N–H and O–H groups in total. The van der Waals surface area contributed by atoms with E-state index in [1.54, 1.807) is 0 Å². The van der Waals surface area contributed by atoms with Gasteiger partial charge in [0.1, 0.15) is 5.82 Å². The van der Waals surface area contributed by atoms with E-state index in [4.69, 9.17) is 5.10 Å². The van der Waals surface area contributed by atoms with E-state index < -0.39 is 0 Å².